The quantitative estimate of drug-likeness (QED) is 0.550. The number of rotatable bonds is 8. The van der Waals surface area contributed by atoms with Gasteiger partial charge in [-0.2, -0.15) is 0 Å². The molecule has 0 aromatic heterocycles. The van der Waals surface area contributed by atoms with Crippen molar-refractivity contribution in [1.82, 2.24) is 9.62 Å². The average Bonchev–Trinajstić information content (AvgIpc) is 2.73. The minimum Gasteiger partial charge on any atom is -0.491 e. The second-order valence-corrected chi connectivity index (χ2v) is 10.9. The highest BCUT2D eigenvalue weighted by atomic mass is 79.9. The number of aryl methyl sites for hydroxylation is 2. The fourth-order valence-electron chi connectivity index (χ4n) is 3.67. The third kappa shape index (κ3) is 6.79. The lowest BCUT2D eigenvalue weighted by atomic mass is 9.97. The van der Waals surface area contributed by atoms with Crippen molar-refractivity contribution >= 4 is 31.9 Å². The van der Waals surface area contributed by atoms with E-state index in [0.29, 0.717) is 39.1 Å². The van der Waals surface area contributed by atoms with E-state index < -0.39 is 10.0 Å². The van der Waals surface area contributed by atoms with Crippen molar-refractivity contribution in [1.29, 1.82) is 0 Å². The van der Waals surface area contributed by atoms with Gasteiger partial charge in [0.2, 0.25) is 15.9 Å². The number of nitrogens with one attached hydrogen (secondary N) is 1. The molecule has 3 rings (SSSR count). The maximum absolute atomic E-state index is 12.7. The number of sulfonamides is 1. The van der Waals surface area contributed by atoms with Crippen LogP contribution in [-0.2, 0) is 20.6 Å². The Morgan fingerprint density at radius 2 is 1.90 bits per heavy atom. The van der Waals surface area contributed by atoms with E-state index in [-0.39, 0.29) is 17.6 Å². The summed E-state index contributed by atoms with van der Waals surface area (Å²) in [6, 6.07) is 13.4. The zero-order valence-electron chi connectivity index (χ0n) is 17.9. The van der Waals surface area contributed by atoms with Gasteiger partial charge in [-0.1, -0.05) is 40.2 Å². The maximum Gasteiger partial charge on any atom is 0.223 e. The highest BCUT2D eigenvalue weighted by Crippen LogP contribution is 2.23. The van der Waals surface area contributed by atoms with Crippen molar-refractivity contribution in [2.45, 2.75) is 32.4 Å². The first kappa shape index (κ1) is 23.8. The largest absolute Gasteiger partial charge is 0.491 e. The van der Waals surface area contributed by atoms with Crippen LogP contribution in [0.5, 0.6) is 5.75 Å². The van der Waals surface area contributed by atoms with Crippen molar-refractivity contribution in [3.05, 3.63) is 63.6 Å². The molecule has 0 radical (unpaired) electrons. The van der Waals surface area contributed by atoms with E-state index in [9.17, 15) is 13.2 Å². The summed E-state index contributed by atoms with van der Waals surface area (Å²) >= 11 is 3.37. The monoisotopic (exact) mass is 508 g/mol. The molecule has 1 saturated heterocycles. The molecule has 1 fully saturated rings. The van der Waals surface area contributed by atoms with Gasteiger partial charge in [-0.3, -0.25) is 4.79 Å². The van der Waals surface area contributed by atoms with E-state index in [1.54, 1.807) is 0 Å². The predicted octanol–water partition coefficient (Wildman–Crippen LogP) is 3.80. The molecule has 1 N–H and O–H groups in total. The molecule has 1 aliphatic heterocycles. The van der Waals surface area contributed by atoms with Gasteiger partial charge in [-0.25, -0.2) is 12.7 Å². The van der Waals surface area contributed by atoms with Gasteiger partial charge in [0.1, 0.15) is 12.4 Å². The highest BCUT2D eigenvalue weighted by Gasteiger charge is 2.31. The Morgan fingerprint density at radius 1 is 1.16 bits per heavy atom. The zero-order chi connectivity index (χ0) is 22.4. The lowest BCUT2D eigenvalue weighted by Gasteiger charge is -2.30. The number of benzene rings is 2. The van der Waals surface area contributed by atoms with Crippen LogP contribution in [0, 0.1) is 19.8 Å². The van der Waals surface area contributed by atoms with E-state index in [2.05, 4.69) is 21.2 Å². The Labute approximate surface area is 193 Å². The third-order valence-corrected chi connectivity index (χ3v) is 7.80. The number of ether oxygens (including phenoxy) is 1. The summed E-state index contributed by atoms with van der Waals surface area (Å²) in [5, 5.41) is 2.92. The van der Waals surface area contributed by atoms with Gasteiger partial charge >= 0.3 is 0 Å². The molecule has 0 atom stereocenters. The number of halogens is 1. The Morgan fingerprint density at radius 3 is 2.61 bits per heavy atom. The summed E-state index contributed by atoms with van der Waals surface area (Å²) in [6.07, 6.45) is 1.06. The number of amides is 1. The summed E-state index contributed by atoms with van der Waals surface area (Å²) in [5.74, 6) is 0.601. The third-order valence-electron chi connectivity index (χ3n) is 5.46. The van der Waals surface area contributed by atoms with Gasteiger partial charge in [-0.05, 0) is 61.6 Å². The number of carbonyl (C=O) groups is 1. The van der Waals surface area contributed by atoms with Crippen molar-refractivity contribution in [3.8, 4) is 5.75 Å². The van der Waals surface area contributed by atoms with Crippen LogP contribution in [0.3, 0.4) is 0 Å². The van der Waals surface area contributed by atoms with Crippen LogP contribution in [0.25, 0.3) is 0 Å². The number of hydrogen-bond donors (Lipinski definition) is 1. The molecule has 0 bridgehead atoms. The SMILES string of the molecule is Cc1ccc(C)c(OCCNC(=O)C2CCN(S(=O)(=O)Cc3cccc(Br)c3)CC2)c1. The molecule has 31 heavy (non-hydrogen) atoms. The van der Waals surface area contributed by atoms with Crippen LogP contribution in [0.2, 0.25) is 0 Å². The first-order valence-corrected chi connectivity index (χ1v) is 12.8. The van der Waals surface area contributed by atoms with Crippen molar-refractivity contribution < 1.29 is 17.9 Å². The molecular weight excluding hydrogens is 480 g/mol. The van der Waals surface area contributed by atoms with Gasteiger partial charge in [0.15, 0.2) is 0 Å². The molecule has 2 aromatic carbocycles. The summed E-state index contributed by atoms with van der Waals surface area (Å²) in [4.78, 5) is 12.5. The second-order valence-electron chi connectivity index (χ2n) is 7.97. The summed E-state index contributed by atoms with van der Waals surface area (Å²) in [7, 11) is -3.40. The van der Waals surface area contributed by atoms with E-state index in [1.165, 1.54) is 4.31 Å². The molecule has 1 amide bonds. The van der Waals surface area contributed by atoms with Crippen molar-refractivity contribution in [3.63, 3.8) is 0 Å². The van der Waals surface area contributed by atoms with Gasteiger partial charge in [0, 0.05) is 23.5 Å². The minimum absolute atomic E-state index is 0.0288. The first-order chi connectivity index (χ1) is 14.7. The molecule has 1 heterocycles. The molecule has 1 aliphatic rings. The van der Waals surface area contributed by atoms with E-state index >= 15 is 0 Å². The molecule has 8 heteroatoms. The van der Waals surface area contributed by atoms with Crippen LogP contribution in [-0.4, -0.2) is 44.9 Å². The minimum atomic E-state index is -3.40. The molecular formula is C23H29BrN2O4S. The van der Waals surface area contributed by atoms with Crippen LogP contribution in [0.15, 0.2) is 46.9 Å². The Balaban J connectivity index is 1.42. The highest BCUT2D eigenvalue weighted by molar-refractivity contribution is 9.10. The zero-order valence-corrected chi connectivity index (χ0v) is 20.3. The van der Waals surface area contributed by atoms with Gasteiger partial charge in [0.25, 0.3) is 0 Å². The van der Waals surface area contributed by atoms with Crippen LogP contribution >= 0.6 is 15.9 Å². The number of nitrogens with zero attached hydrogens (tertiary/aromatic N) is 1. The molecule has 168 valence electrons. The molecule has 0 unspecified atom stereocenters. The lowest BCUT2D eigenvalue weighted by Crippen LogP contribution is -2.43. The van der Waals surface area contributed by atoms with E-state index in [0.717, 1.165) is 26.9 Å². The maximum atomic E-state index is 12.7. The molecule has 0 aliphatic carbocycles. The molecule has 2 aromatic rings. The summed E-state index contributed by atoms with van der Waals surface area (Å²) < 4.78 is 33.6. The molecule has 0 spiro atoms. The summed E-state index contributed by atoms with van der Waals surface area (Å²) in [6.45, 7) is 5.57. The van der Waals surface area contributed by atoms with Crippen LogP contribution in [0.4, 0.5) is 0 Å². The van der Waals surface area contributed by atoms with Gasteiger partial charge < -0.3 is 10.1 Å². The molecule has 0 saturated carbocycles. The van der Waals surface area contributed by atoms with Gasteiger partial charge in [-0.15, -0.1) is 0 Å². The first-order valence-electron chi connectivity index (χ1n) is 10.4. The standard InChI is InChI=1S/C23H29BrN2O4S/c1-17-6-7-18(2)22(14-17)30-13-10-25-23(27)20-8-11-26(12-9-20)31(28,29)16-19-4-3-5-21(24)15-19/h3-7,14-15,20H,8-13,16H2,1-2H3,(H,25,27). The van der Waals surface area contributed by atoms with E-state index in [4.69, 9.17) is 4.74 Å². The number of piperidine rings is 1. The average molecular weight is 509 g/mol. The predicted molar refractivity (Wildman–Crippen MR) is 125 cm³/mol. The number of carbonyl (C=O) groups excluding carboxylic acids is 1. The van der Waals surface area contributed by atoms with Crippen molar-refractivity contribution in [2.75, 3.05) is 26.2 Å². The smallest absolute Gasteiger partial charge is 0.223 e. The van der Waals surface area contributed by atoms with Crippen molar-refractivity contribution in [2.24, 2.45) is 5.92 Å². The van der Waals surface area contributed by atoms with Crippen LogP contribution < -0.4 is 10.1 Å². The lowest BCUT2D eigenvalue weighted by molar-refractivity contribution is -0.126. The van der Waals surface area contributed by atoms with Crippen LogP contribution in [0.1, 0.15) is 29.5 Å². The van der Waals surface area contributed by atoms with E-state index in [1.807, 2.05) is 56.3 Å². The molecule has 6 nitrogen and oxygen atoms in total. The normalized spacial score (nSPS) is 15.6. The Kier molecular flexibility index (Phi) is 8.13. The van der Waals surface area contributed by atoms with Gasteiger partial charge in [0.05, 0.1) is 12.3 Å². The Bertz CT molecular complexity index is 1020. The number of hydrogen-bond acceptors (Lipinski definition) is 4. The fraction of sp³-hybridized carbons (Fsp3) is 0.435. The fourth-order valence-corrected chi connectivity index (χ4v) is 5.66. The Hall–Kier alpha value is -1.90. The summed E-state index contributed by atoms with van der Waals surface area (Å²) in [5.41, 5.74) is 2.94. The second kappa shape index (κ2) is 10.6. The topological polar surface area (TPSA) is 75.7 Å².